The van der Waals surface area contributed by atoms with Gasteiger partial charge in [-0.1, -0.05) is 30.7 Å². The molecule has 4 atom stereocenters. The van der Waals surface area contributed by atoms with Crippen molar-refractivity contribution in [3.05, 3.63) is 48.5 Å². The molecule has 38 heavy (non-hydrogen) atoms. The van der Waals surface area contributed by atoms with E-state index in [1.165, 1.54) is 0 Å². The smallest absolute Gasteiger partial charge is 0.314 e. The van der Waals surface area contributed by atoms with Gasteiger partial charge in [0, 0.05) is 13.1 Å². The summed E-state index contributed by atoms with van der Waals surface area (Å²) in [5, 5.41) is 11.7. The van der Waals surface area contributed by atoms with Gasteiger partial charge in [0.2, 0.25) is 0 Å². The standard InChI is InChI=1S/C28H36N4O6/c33-27(31-15-21-17-35-23-8-1-3-10-25(23)37-21)29-13-19-6-5-7-20(12-19)14-30-28(34)32-16-22-18-36-24-9-2-4-11-26(24)38-22/h1-4,8-11,19-22H,5-7,12-18H2,(H2,29,31,33)(H2,30,32,34)/t19-,20-,21+,22+/m0/s1. The van der Waals surface area contributed by atoms with Crippen LogP contribution in [0.4, 0.5) is 9.59 Å². The van der Waals surface area contributed by atoms with E-state index in [4.69, 9.17) is 18.9 Å². The Hall–Kier alpha value is -3.82. The van der Waals surface area contributed by atoms with E-state index in [0.29, 0.717) is 62.7 Å². The van der Waals surface area contributed by atoms with Crippen LogP contribution in [0.2, 0.25) is 0 Å². The predicted molar refractivity (Wildman–Crippen MR) is 141 cm³/mol. The maximum absolute atomic E-state index is 12.3. The first-order valence-corrected chi connectivity index (χ1v) is 13.4. The average molecular weight is 525 g/mol. The number of hydrogen-bond acceptors (Lipinski definition) is 6. The van der Waals surface area contributed by atoms with Gasteiger partial charge >= 0.3 is 12.1 Å². The SMILES string of the molecule is O=C(NC[C@H]1CCC[C@H](CNC(=O)NC[C@@H]2COc3ccccc3O2)C1)NC[C@@H]1COc2ccccc2O1. The highest BCUT2D eigenvalue weighted by atomic mass is 16.6. The van der Waals surface area contributed by atoms with Crippen LogP contribution in [0.15, 0.2) is 48.5 Å². The van der Waals surface area contributed by atoms with Crippen molar-refractivity contribution in [3.8, 4) is 23.0 Å². The van der Waals surface area contributed by atoms with Gasteiger partial charge in [-0.05, 0) is 55.4 Å². The molecule has 4 N–H and O–H groups in total. The number of ether oxygens (including phenoxy) is 4. The van der Waals surface area contributed by atoms with Crippen molar-refractivity contribution in [2.45, 2.75) is 37.9 Å². The number of para-hydroxylation sites is 4. The molecule has 0 saturated heterocycles. The average Bonchev–Trinajstić information content (AvgIpc) is 2.97. The molecule has 1 aliphatic carbocycles. The molecule has 2 heterocycles. The summed E-state index contributed by atoms with van der Waals surface area (Å²) < 4.78 is 23.1. The molecule has 10 heteroatoms. The Balaban J connectivity index is 0.944. The summed E-state index contributed by atoms with van der Waals surface area (Å²) in [5.41, 5.74) is 0. The van der Waals surface area contributed by atoms with Crippen LogP contribution in [-0.2, 0) is 0 Å². The third-order valence-electron chi connectivity index (χ3n) is 7.11. The number of fused-ring (bicyclic) bond motifs is 2. The minimum Gasteiger partial charge on any atom is -0.486 e. The van der Waals surface area contributed by atoms with Crippen molar-refractivity contribution in [3.63, 3.8) is 0 Å². The minimum absolute atomic E-state index is 0.205. The van der Waals surface area contributed by atoms with E-state index < -0.39 is 0 Å². The lowest BCUT2D eigenvalue weighted by Crippen LogP contribution is -2.46. The van der Waals surface area contributed by atoms with Gasteiger partial charge in [0.05, 0.1) is 13.1 Å². The third kappa shape index (κ3) is 7.14. The number of carbonyl (C=O) groups excluding carboxylic acids is 2. The summed E-state index contributed by atoms with van der Waals surface area (Å²) in [6, 6.07) is 14.6. The molecule has 0 bridgehead atoms. The first-order chi connectivity index (χ1) is 18.6. The third-order valence-corrected chi connectivity index (χ3v) is 7.11. The Kier molecular flexibility index (Phi) is 8.57. The van der Waals surface area contributed by atoms with E-state index >= 15 is 0 Å². The summed E-state index contributed by atoms with van der Waals surface area (Å²) in [4.78, 5) is 24.7. The second-order valence-electron chi connectivity index (χ2n) is 10.1. The normalized spacial score (nSPS) is 23.6. The lowest BCUT2D eigenvalue weighted by Gasteiger charge is -2.30. The van der Waals surface area contributed by atoms with Gasteiger partial charge in [-0.25, -0.2) is 9.59 Å². The molecule has 4 amide bonds. The number of benzene rings is 2. The summed E-state index contributed by atoms with van der Waals surface area (Å²) in [6.07, 6.45) is 3.74. The van der Waals surface area contributed by atoms with Gasteiger partial charge in [0.25, 0.3) is 0 Å². The van der Waals surface area contributed by atoms with Gasteiger partial charge in [-0.2, -0.15) is 0 Å². The maximum Gasteiger partial charge on any atom is 0.314 e. The van der Waals surface area contributed by atoms with Crippen LogP contribution < -0.4 is 40.2 Å². The van der Waals surface area contributed by atoms with Gasteiger partial charge < -0.3 is 40.2 Å². The number of urea groups is 2. The molecule has 10 nitrogen and oxygen atoms in total. The molecule has 2 aromatic rings. The molecule has 3 aliphatic rings. The van der Waals surface area contributed by atoms with E-state index in [2.05, 4.69) is 21.3 Å². The van der Waals surface area contributed by atoms with Crippen LogP contribution in [0.3, 0.4) is 0 Å². The minimum atomic E-state index is -0.222. The lowest BCUT2D eigenvalue weighted by atomic mass is 9.81. The van der Waals surface area contributed by atoms with Crippen molar-refractivity contribution in [1.29, 1.82) is 0 Å². The highest BCUT2D eigenvalue weighted by Crippen LogP contribution is 2.32. The Morgan fingerprint density at radius 3 is 1.53 bits per heavy atom. The zero-order valence-corrected chi connectivity index (χ0v) is 21.4. The molecule has 0 unspecified atom stereocenters. The van der Waals surface area contributed by atoms with Gasteiger partial charge in [0.15, 0.2) is 35.2 Å². The number of nitrogens with one attached hydrogen (secondary N) is 4. The fourth-order valence-corrected chi connectivity index (χ4v) is 5.11. The molecule has 1 saturated carbocycles. The summed E-state index contributed by atoms with van der Waals surface area (Å²) >= 11 is 0. The Morgan fingerprint density at radius 2 is 1.05 bits per heavy atom. The maximum atomic E-state index is 12.3. The number of amides is 4. The summed E-state index contributed by atoms with van der Waals surface area (Å²) in [7, 11) is 0. The molecular formula is C28H36N4O6. The van der Waals surface area contributed by atoms with Crippen LogP contribution in [-0.4, -0.2) is 63.7 Å². The van der Waals surface area contributed by atoms with Gasteiger partial charge in [-0.3, -0.25) is 0 Å². The van der Waals surface area contributed by atoms with E-state index in [-0.39, 0.29) is 24.3 Å². The molecule has 0 radical (unpaired) electrons. The van der Waals surface area contributed by atoms with Crippen molar-refractivity contribution < 1.29 is 28.5 Å². The Morgan fingerprint density at radius 1 is 0.632 bits per heavy atom. The second-order valence-corrected chi connectivity index (χ2v) is 10.1. The number of rotatable bonds is 8. The Bertz CT molecular complexity index is 1020. The molecule has 1 fully saturated rings. The monoisotopic (exact) mass is 524 g/mol. The van der Waals surface area contributed by atoms with E-state index in [1.807, 2.05) is 48.5 Å². The van der Waals surface area contributed by atoms with Gasteiger partial charge in [0.1, 0.15) is 13.2 Å². The van der Waals surface area contributed by atoms with Crippen molar-refractivity contribution in [1.82, 2.24) is 21.3 Å². The quantitative estimate of drug-likeness (QED) is 0.422. The van der Waals surface area contributed by atoms with Crippen molar-refractivity contribution in [2.24, 2.45) is 11.8 Å². The number of carbonyl (C=O) groups is 2. The lowest BCUT2D eigenvalue weighted by molar-refractivity contribution is 0.0916. The van der Waals surface area contributed by atoms with Crippen LogP contribution in [0, 0.1) is 11.8 Å². The molecule has 5 rings (SSSR count). The van der Waals surface area contributed by atoms with Gasteiger partial charge in [-0.15, -0.1) is 0 Å². The fraction of sp³-hybridized carbons (Fsp3) is 0.500. The van der Waals surface area contributed by atoms with Crippen LogP contribution in [0.5, 0.6) is 23.0 Å². The highest BCUT2D eigenvalue weighted by Gasteiger charge is 2.25. The van der Waals surface area contributed by atoms with E-state index in [9.17, 15) is 9.59 Å². The highest BCUT2D eigenvalue weighted by molar-refractivity contribution is 5.74. The molecule has 2 aromatic carbocycles. The molecule has 204 valence electrons. The fourth-order valence-electron chi connectivity index (χ4n) is 5.11. The van der Waals surface area contributed by atoms with Crippen LogP contribution in [0.1, 0.15) is 25.7 Å². The van der Waals surface area contributed by atoms with Crippen LogP contribution in [0.25, 0.3) is 0 Å². The van der Waals surface area contributed by atoms with Crippen LogP contribution >= 0.6 is 0 Å². The zero-order chi connectivity index (χ0) is 26.2. The zero-order valence-electron chi connectivity index (χ0n) is 21.4. The predicted octanol–water partition coefficient (Wildman–Crippen LogP) is 3.07. The van der Waals surface area contributed by atoms with Crippen molar-refractivity contribution >= 4 is 12.1 Å². The second kappa shape index (κ2) is 12.6. The number of hydrogen-bond donors (Lipinski definition) is 4. The topological polar surface area (TPSA) is 119 Å². The summed E-state index contributed by atoms with van der Waals surface area (Å²) in [6.45, 7) is 2.77. The molecule has 2 aliphatic heterocycles. The van der Waals surface area contributed by atoms with E-state index in [1.54, 1.807) is 0 Å². The first-order valence-electron chi connectivity index (χ1n) is 13.4. The molecule has 0 aromatic heterocycles. The summed E-state index contributed by atoms with van der Waals surface area (Å²) in [5.74, 6) is 3.63. The van der Waals surface area contributed by atoms with E-state index in [0.717, 1.165) is 37.2 Å². The molecule has 0 spiro atoms. The molecular weight excluding hydrogens is 488 g/mol. The first kappa shape index (κ1) is 25.8. The largest absolute Gasteiger partial charge is 0.486 e. The van der Waals surface area contributed by atoms with Crippen molar-refractivity contribution in [2.75, 3.05) is 39.4 Å². The Labute approximate surface area is 222 Å².